The highest BCUT2D eigenvalue weighted by molar-refractivity contribution is 6.06. The van der Waals surface area contributed by atoms with Crippen molar-refractivity contribution in [2.24, 2.45) is 0 Å². The Hall–Kier alpha value is -4.66. The second-order valence-corrected chi connectivity index (χ2v) is 7.68. The molecule has 1 heterocycles. The lowest BCUT2D eigenvalue weighted by molar-refractivity contribution is -0.384. The number of nitro groups is 1. The number of nitrogens with zero attached hydrogens (tertiary/aromatic N) is 1. The van der Waals surface area contributed by atoms with E-state index in [0.29, 0.717) is 29.2 Å². The largest absolute Gasteiger partial charge is 0.489 e. The number of non-ortho nitro benzene ring substituents is 1. The number of anilines is 1. The Labute approximate surface area is 195 Å². The van der Waals surface area contributed by atoms with Gasteiger partial charge in [-0.05, 0) is 36.2 Å². The van der Waals surface area contributed by atoms with Gasteiger partial charge < -0.3 is 20.7 Å². The summed E-state index contributed by atoms with van der Waals surface area (Å²) < 4.78 is 5.81. The molecular formula is C25H22N4O5. The summed E-state index contributed by atoms with van der Waals surface area (Å²) in [6, 6.07) is 21.4. The van der Waals surface area contributed by atoms with Crippen LogP contribution in [0, 0.1) is 10.1 Å². The molecule has 1 atom stereocenters. The van der Waals surface area contributed by atoms with E-state index < -0.39 is 22.9 Å². The number of carbonyl (C=O) groups is 2. The fourth-order valence-corrected chi connectivity index (χ4v) is 3.64. The molecule has 0 aliphatic carbocycles. The predicted octanol–water partition coefficient (Wildman–Crippen LogP) is 4.44. The van der Waals surface area contributed by atoms with Gasteiger partial charge in [0.25, 0.3) is 11.6 Å². The summed E-state index contributed by atoms with van der Waals surface area (Å²) in [4.78, 5) is 35.8. The molecule has 3 N–H and O–H groups in total. The fourth-order valence-electron chi connectivity index (χ4n) is 3.64. The predicted molar refractivity (Wildman–Crippen MR) is 126 cm³/mol. The zero-order chi connectivity index (χ0) is 24.1. The first-order valence-corrected chi connectivity index (χ1v) is 10.5. The first-order valence-electron chi connectivity index (χ1n) is 10.5. The Morgan fingerprint density at radius 1 is 1.06 bits per heavy atom. The standard InChI is InChI=1S/C25H22N4O5/c1-16-22(24(30)27-19-8-5-9-20(14-19)29(32)33)23(28-25(31)26-16)18-10-12-21(13-11-18)34-15-17-6-3-2-4-7-17/h2-14,23H,15H2,1H3,(H,27,30)(H2,26,28,31)/t23-/m0/s1. The van der Waals surface area contributed by atoms with Gasteiger partial charge in [-0.25, -0.2) is 4.79 Å². The van der Waals surface area contributed by atoms with Crippen LogP contribution in [0.15, 0.2) is 90.1 Å². The zero-order valence-electron chi connectivity index (χ0n) is 18.3. The van der Waals surface area contributed by atoms with E-state index in [1.54, 1.807) is 37.3 Å². The SMILES string of the molecule is CC1=C(C(=O)Nc2cccc([N+](=O)[O-])c2)[C@H](c2ccc(OCc3ccccc3)cc2)NC(=O)N1. The lowest BCUT2D eigenvalue weighted by Crippen LogP contribution is -2.45. The van der Waals surface area contributed by atoms with Crippen molar-refractivity contribution in [2.75, 3.05) is 5.32 Å². The van der Waals surface area contributed by atoms with E-state index in [-0.39, 0.29) is 11.4 Å². The third-order valence-corrected chi connectivity index (χ3v) is 5.29. The molecule has 3 aromatic rings. The van der Waals surface area contributed by atoms with Crippen molar-refractivity contribution in [3.8, 4) is 5.75 Å². The molecule has 9 nitrogen and oxygen atoms in total. The molecule has 0 saturated heterocycles. The van der Waals surface area contributed by atoms with Gasteiger partial charge in [0.2, 0.25) is 0 Å². The minimum absolute atomic E-state index is 0.138. The molecule has 0 saturated carbocycles. The smallest absolute Gasteiger partial charge is 0.319 e. The third-order valence-electron chi connectivity index (χ3n) is 5.29. The van der Waals surface area contributed by atoms with Crippen LogP contribution in [-0.2, 0) is 11.4 Å². The van der Waals surface area contributed by atoms with Crippen molar-refractivity contribution in [3.63, 3.8) is 0 Å². The van der Waals surface area contributed by atoms with Gasteiger partial charge in [-0.15, -0.1) is 0 Å². The monoisotopic (exact) mass is 458 g/mol. The van der Waals surface area contributed by atoms with Crippen LogP contribution in [0.4, 0.5) is 16.2 Å². The number of urea groups is 1. The van der Waals surface area contributed by atoms with E-state index in [9.17, 15) is 19.7 Å². The van der Waals surface area contributed by atoms with E-state index in [2.05, 4.69) is 16.0 Å². The van der Waals surface area contributed by atoms with Crippen molar-refractivity contribution < 1.29 is 19.2 Å². The Kier molecular flexibility index (Phi) is 6.54. The molecule has 0 bridgehead atoms. The number of carbonyl (C=O) groups excluding carboxylic acids is 2. The average molecular weight is 458 g/mol. The summed E-state index contributed by atoms with van der Waals surface area (Å²) in [6.45, 7) is 2.05. The van der Waals surface area contributed by atoms with Gasteiger partial charge >= 0.3 is 6.03 Å². The number of ether oxygens (including phenoxy) is 1. The number of amides is 3. The third kappa shape index (κ3) is 5.21. The van der Waals surface area contributed by atoms with Gasteiger partial charge in [-0.2, -0.15) is 0 Å². The van der Waals surface area contributed by atoms with E-state index in [4.69, 9.17) is 4.74 Å². The van der Waals surface area contributed by atoms with E-state index >= 15 is 0 Å². The summed E-state index contributed by atoms with van der Waals surface area (Å²) in [7, 11) is 0. The first kappa shape index (κ1) is 22.5. The van der Waals surface area contributed by atoms with Gasteiger partial charge in [0.1, 0.15) is 12.4 Å². The molecule has 3 amide bonds. The highest BCUT2D eigenvalue weighted by atomic mass is 16.6. The number of rotatable bonds is 7. The first-order chi connectivity index (χ1) is 16.4. The van der Waals surface area contributed by atoms with Crippen molar-refractivity contribution in [3.05, 3.63) is 111 Å². The molecule has 1 aliphatic heterocycles. The van der Waals surface area contributed by atoms with Crippen molar-refractivity contribution >= 4 is 23.3 Å². The Morgan fingerprint density at radius 3 is 2.50 bits per heavy atom. The highest BCUT2D eigenvalue weighted by Gasteiger charge is 2.31. The molecule has 1 aliphatic rings. The second-order valence-electron chi connectivity index (χ2n) is 7.68. The van der Waals surface area contributed by atoms with Crippen LogP contribution in [-0.4, -0.2) is 16.9 Å². The summed E-state index contributed by atoms with van der Waals surface area (Å²) in [6.07, 6.45) is 0. The highest BCUT2D eigenvalue weighted by Crippen LogP contribution is 2.29. The van der Waals surface area contributed by atoms with E-state index in [0.717, 1.165) is 5.56 Å². The zero-order valence-corrected chi connectivity index (χ0v) is 18.3. The fraction of sp³-hybridized carbons (Fsp3) is 0.120. The topological polar surface area (TPSA) is 123 Å². The van der Waals surface area contributed by atoms with Gasteiger partial charge in [0, 0.05) is 23.5 Å². The maximum atomic E-state index is 13.1. The van der Waals surface area contributed by atoms with Gasteiger partial charge in [-0.1, -0.05) is 48.5 Å². The van der Waals surface area contributed by atoms with Crippen LogP contribution >= 0.6 is 0 Å². The molecule has 0 radical (unpaired) electrons. The number of benzene rings is 3. The summed E-state index contributed by atoms with van der Waals surface area (Å²) >= 11 is 0. The molecule has 34 heavy (non-hydrogen) atoms. The molecule has 0 aromatic heterocycles. The van der Waals surface area contributed by atoms with Crippen LogP contribution in [0.2, 0.25) is 0 Å². The molecule has 9 heteroatoms. The number of hydrogen-bond acceptors (Lipinski definition) is 5. The molecule has 0 fully saturated rings. The maximum Gasteiger partial charge on any atom is 0.319 e. The maximum absolute atomic E-state index is 13.1. The van der Waals surface area contributed by atoms with Gasteiger partial charge in [0.05, 0.1) is 16.5 Å². The van der Waals surface area contributed by atoms with E-state index in [1.807, 2.05) is 30.3 Å². The summed E-state index contributed by atoms with van der Waals surface area (Å²) in [5.41, 5.74) is 2.55. The Bertz CT molecular complexity index is 1260. The van der Waals surface area contributed by atoms with Crippen LogP contribution in [0.3, 0.4) is 0 Å². The van der Waals surface area contributed by atoms with Crippen LogP contribution < -0.4 is 20.7 Å². The molecule has 3 aromatic carbocycles. The van der Waals surface area contributed by atoms with E-state index in [1.165, 1.54) is 18.2 Å². The summed E-state index contributed by atoms with van der Waals surface area (Å²) in [5.74, 6) is 0.163. The Balaban J connectivity index is 1.53. The quantitative estimate of drug-likeness (QED) is 0.357. The lowest BCUT2D eigenvalue weighted by atomic mass is 9.94. The van der Waals surface area contributed by atoms with Crippen LogP contribution in [0.1, 0.15) is 24.1 Å². The van der Waals surface area contributed by atoms with Crippen molar-refractivity contribution in [1.29, 1.82) is 0 Å². The van der Waals surface area contributed by atoms with Crippen molar-refractivity contribution in [1.82, 2.24) is 10.6 Å². The van der Waals surface area contributed by atoms with Gasteiger partial charge in [-0.3, -0.25) is 14.9 Å². The summed E-state index contributed by atoms with van der Waals surface area (Å²) in [5, 5.41) is 19.1. The normalized spacial score (nSPS) is 15.2. The average Bonchev–Trinajstić information content (AvgIpc) is 2.83. The molecular weight excluding hydrogens is 436 g/mol. The number of allylic oxidation sites excluding steroid dienone is 1. The number of hydrogen-bond donors (Lipinski definition) is 3. The molecule has 0 unspecified atom stereocenters. The number of nitro benzene ring substituents is 1. The minimum atomic E-state index is -0.712. The number of nitrogens with one attached hydrogen (secondary N) is 3. The van der Waals surface area contributed by atoms with Gasteiger partial charge in [0.15, 0.2) is 0 Å². The Morgan fingerprint density at radius 2 is 1.79 bits per heavy atom. The molecule has 172 valence electrons. The molecule has 0 spiro atoms. The van der Waals surface area contributed by atoms with Crippen molar-refractivity contribution in [2.45, 2.75) is 19.6 Å². The van der Waals surface area contributed by atoms with Crippen LogP contribution in [0.25, 0.3) is 0 Å². The molecule has 4 rings (SSSR count). The van der Waals surface area contributed by atoms with Crippen LogP contribution in [0.5, 0.6) is 5.75 Å². The second kappa shape index (κ2) is 9.86. The minimum Gasteiger partial charge on any atom is -0.489 e. The lowest BCUT2D eigenvalue weighted by Gasteiger charge is -2.28.